The van der Waals surface area contributed by atoms with Crippen molar-refractivity contribution in [2.45, 2.75) is 12.2 Å². The highest BCUT2D eigenvalue weighted by atomic mass is 19.1. The Kier molecular flexibility index (Phi) is 3.43. The van der Waals surface area contributed by atoms with Gasteiger partial charge < -0.3 is 9.64 Å². The first-order valence-electron chi connectivity index (χ1n) is 6.45. The highest BCUT2D eigenvalue weighted by Crippen LogP contribution is 2.20. The van der Waals surface area contributed by atoms with Gasteiger partial charge in [0.15, 0.2) is 0 Å². The molecule has 3 heterocycles. The van der Waals surface area contributed by atoms with Crippen LogP contribution in [0.3, 0.4) is 0 Å². The van der Waals surface area contributed by atoms with Crippen molar-refractivity contribution in [2.24, 2.45) is 0 Å². The minimum absolute atomic E-state index is 0.0374. The number of pyridine rings is 1. The number of ether oxygens (including phenoxy) is 1. The molecule has 2 aliphatic rings. The largest absolute Gasteiger partial charge is 0.377 e. The van der Waals surface area contributed by atoms with Gasteiger partial charge in [-0.1, -0.05) is 0 Å². The lowest BCUT2D eigenvalue weighted by atomic mass is 10.1. The number of hydrogen-bond acceptors (Lipinski definition) is 4. The molecule has 0 N–H and O–H groups in total. The molecule has 1 aromatic heterocycles. The van der Waals surface area contributed by atoms with Gasteiger partial charge in [-0.05, 0) is 12.1 Å². The van der Waals surface area contributed by atoms with Crippen LogP contribution in [0.2, 0.25) is 0 Å². The van der Waals surface area contributed by atoms with Crippen LogP contribution >= 0.6 is 0 Å². The minimum Gasteiger partial charge on any atom is -0.377 e. The summed E-state index contributed by atoms with van der Waals surface area (Å²) in [5.41, 5.74) is 1.20. The van der Waals surface area contributed by atoms with Crippen LogP contribution in [0.15, 0.2) is 24.5 Å². The van der Waals surface area contributed by atoms with Gasteiger partial charge in [-0.25, -0.2) is 4.39 Å². The normalized spacial score (nSPS) is 29.7. The van der Waals surface area contributed by atoms with Crippen molar-refractivity contribution < 1.29 is 9.13 Å². The summed E-state index contributed by atoms with van der Waals surface area (Å²) in [5, 5.41) is 0. The zero-order chi connectivity index (χ0) is 12.4. The molecular weight excluding hydrogens is 233 g/mol. The maximum atomic E-state index is 13.6. The van der Waals surface area contributed by atoms with Crippen LogP contribution in [0.4, 0.5) is 10.1 Å². The van der Waals surface area contributed by atoms with Crippen LogP contribution in [-0.2, 0) is 4.74 Å². The van der Waals surface area contributed by atoms with Gasteiger partial charge in [0, 0.05) is 44.3 Å². The predicted octanol–water partition coefficient (Wildman–Crippen LogP) is 0.940. The van der Waals surface area contributed by atoms with Gasteiger partial charge >= 0.3 is 0 Å². The number of hydrogen-bond donors (Lipinski definition) is 0. The van der Waals surface area contributed by atoms with Gasteiger partial charge in [0.25, 0.3) is 0 Å². The van der Waals surface area contributed by atoms with E-state index in [0.29, 0.717) is 6.61 Å². The van der Waals surface area contributed by atoms with E-state index in [1.54, 1.807) is 0 Å². The fourth-order valence-corrected chi connectivity index (χ4v) is 2.72. The number of anilines is 1. The molecule has 0 saturated carbocycles. The maximum Gasteiger partial charge on any atom is 0.141 e. The van der Waals surface area contributed by atoms with Crippen molar-refractivity contribution in [1.82, 2.24) is 9.88 Å². The van der Waals surface area contributed by atoms with Crippen molar-refractivity contribution in [3.8, 4) is 0 Å². The number of nitrogens with zero attached hydrogens (tertiary/aromatic N) is 3. The summed E-state index contributed by atoms with van der Waals surface area (Å²) >= 11 is 0. The van der Waals surface area contributed by atoms with Crippen LogP contribution in [0.1, 0.15) is 0 Å². The summed E-state index contributed by atoms with van der Waals surface area (Å²) in [4.78, 5) is 8.56. The fraction of sp³-hybridized carbons (Fsp3) is 0.615. The van der Waals surface area contributed by atoms with E-state index in [-0.39, 0.29) is 12.6 Å². The summed E-state index contributed by atoms with van der Waals surface area (Å²) in [6.07, 6.45) is 2.80. The maximum absolute atomic E-state index is 13.6. The SMILES string of the molecule is FC1COCC1N1CCN(c2ccncc2)CC1. The van der Waals surface area contributed by atoms with E-state index >= 15 is 0 Å². The Morgan fingerprint density at radius 1 is 1.11 bits per heavy atom. The zero-order valence-corrected chi connectivity index (χ0v) is 10.3. The molecule has 0 spiro atoms. The average Bonchev–Trinajstić information content (AvgIpc) is 2.86. The molecule has 1 aromatic rings. The first-order chi connectivity index (χ1) is 8.84. The second-order valence-corrected chi connectivity index (χ2v) is 4.85. The van der Waals surface area contributed by atoms with E-state index in [4.69, 9.17) is 4.74 Å². The topological polar surface area (TPSA) is 28.6 Å². The van der Waals surface area contributed by atoms with Crippen molar-refractivity contribution in [3.63, 3.8) is 0 Å². The Morgan fingerprint density at radius 2 is 1.83 bits per heavy atom. The second-order valence-electron chi connectivity index (χ2n) is 4.85. The highest BCUT2D eigenvalue weighted by Gasteiger charge is 2.34. The molecule has 2 atom stereocenters. The average molecular weight is 251 g/mol. The zero-order valence-electron chi connectivity index (χ0n) is 10.3. The Labute approximate surface area is 106 Å². The molecule has 3 rings (SSSR count). The smallest absolute Gasteiger partial charge is 0.141 e. The van der Waals surface area contributed by atoms with Crippen LogP contribution < -0.4 is 4.90 Å². The van der Waals surface area contributed by atoms with E-state index < -0.39 is 6.17 Å². The lowest BCUT2D eigenvalue weighted by molar-refractivity contribution is 0.127. The molecule has 2 fully saturated rings. The Hall–Kier alpha value is -1.20. The van der Waals surface area contributed by atoms with E-state index in [1.807, 2.05) is 24.5 Å². The monoisotopic (exact) mass is 251 g/mol. The summed E-state index contributed by atoms with van der Waals surface area (Å²) < 4.78 is 18.8. The van der Waals surface area contributed by atoms with E-state index in [1.165, 1.54) is 5.69 Å². The highest BCUT2D eigenvalue weighted by molar-refractivity contribution is 5.44. The Morgan fingerprint density at radius 3 is 2.44 bits per heavy atom. The number of rotatable bonds is 2. The first kappa shape index (κ1) is 11.9. The Bertz CT molecular complexity index is 381. The van der Waals surface area contributed by atoms with Gasteiger partial charge in [-0.2, -0.15) is 0 Å². The predicted molar refractivity (Wildman–Crippen MR) is 67.5 cm³/mol. The van der Waals surface area contributed by atoms with Crippen LogP contribution in [0, 0.1) is 0 Å². The number of alkyl halides is 1. The third kappa shape index (κ3) is 2.33. The van der Waals surface area contributed by atoms with Crippen molar-refractivity contribution in [3.05, 3.63) is 24.5 Å². The standard InChI is InChI=1S/C13H18FN3O/c14-12-9-18-10-13(12)17-7-5-16(6-8-17)11-1-3-15-4-2-11/h1-4,12-13H,5-10H2. The lowest BCUT2D eigenvalue weighted by Gasteiger charge is -2.39. The molecule has 2 unspecified atom stereocenters. The molecule has 2 aliphatic heterocycles. The third-order valence-corrected chi connectivity index (χ3v) is 3.79. The molecule has 4 nitrogen and oxygen atoms in total. The van der Waals surface area contributed by atoms with Crippen molar-refractivity contribution >= 4 is 5.69 Å². The van der Waals surface area contributed by atoms with E-state index in [2.05, 4.69) is 14.8 Å². The van der Waals surface area contributed by atoms with Crippen molar-refractivity contribution in [2.75, 3.05) is 44.3 Å². The number of halogens is 1. The quantitative estimate of drug-likeness (QED) is 0.782. The number of piperazine rings is 1. The summed E-state index contributed by atoms with van der Waals surface area (Å²) in [6, 6.07) is 4.00. The molecule has 18 heavy (non-hydrogen) atoms. The lowest BCUT2D eigenvalue weighted by Crippen LogP contribution is -2.53. The summed E-state index contributed by atoms with van der Waals surface area (Å²) in [5.74, 6) is 0. The van der Waals surface area contributed by atoms with E-state index in [9.17, 15) is 4.39 Å². The summed E-state index contributed by atoms with van der Waals surface area (Å²) in [7, 11) is 0. The Balaban J connectivity index is 1.58. The molecular formula is C13H18FN3O. The molecule has 0 aromatic carbocycles. The first-order valence-corrected chi connectivity index (χ1v) is 6.45. The van der Waals surface area contributed by atoms with Gasteiger partial charge in [-0.15, -0.1) is 0 Å². The number of aromatic nitrogens is 1. The molecule has 98 valence electrons. The van der Waals surface area contributed by atoms with Gasteiger partial charge in [-0.3, -0.25) is 9.88 Å². The molecule has 0 radical (unpaired) electrons. The van der Waals surface area contributed by atoms with Crippen LogP contribution in [-0.4, -0.2) is 61.5 Å². The van der Waals surface area contributed by atoms with Gasteiger partial charge in [0.05, 0.1) is 19.3 Å². The molecule has 0 aliphatic carbocycles. The van der Waals surface area contributed by atoms with Gasteiger partial charge in [0.1, 0.15) is 6.17 Å². The molecule has 0 bridgehead atoms. The minimum atomic E-state index is -0.822. The molecule has 0 amide bonds. The second kappa shape index (κ2) is 5.20. The van der Waals surface area contributed by atoms with Crippen LogP contribution in [0.25, 0.3) is 0 Å². The van der Waals surface area contributed by atoms with Gasteiger partial charge in [0.2, 0.25) is 0 Å². The van der Waals surface area contributed by atoms with Crippen LogP contribution in [0.5, 0.6) is 0 Å². The summed E-state index contributed by atoms with van der Waals surface area (Å²) in [6.45, 7) is 4.47. The third-order valence-electron chi connectivity index (χ3n) is 3.79. The van der Waals surface area contributed by atoms with E-state index in [0.717, 1.165) is 26.2 Å². The molecule has 5 heteroatoms. The fourth-order valence-electron chi connectivity index (χ4n) is 2.72. The molecule has 2 saturated heterocycles. The van der Waals surface area contributed by atoms with Crippen molar-refractivity contribution in [1.29, 1.82) is 0 Å².